The van der Waals surface area contributed by atoms with Gasteiger partial charge in [0.1, 0.15) is 5.88 Å². The Morgan fingerprint density at radius 1 is 1.31 bits per heavy atom. The maximum Gasteiger partial charge on any atom is 0.283 e. The lowest BCUT2D eigenvalue weighted by molar-refractivity contribution is 0.485. The van der Waals surface area contributed by atoms with Crippen LogP contribution in [0.25, 0.3) is 0 Å². The van der Waals surface area contributed by atoms with Gasteiger partial charge in [0.2, 0.25) is 0 Å². The molecule has 0 saturated heterocycles. The van der Waals surface area contributed by atoms with Gasteiger partial charge in [0, 0.05) is 10.7 Å². The summed E-state index contributed by atoms with van der Waals surface area (Å²) in [7, 11) is -3.98. The Bertz CT molecular complexity index is 373. The van der Waals surface area contributed by atoms with E-state index in [0.29, 0.717) is 10.7 Å². The molecule has 0 radical (unpaired) electrons. The van der Waals surface area contributed by atoms with E-state index < -0.39 is 16.0 Å². The Hall–Kier alpha value is -0.780. The van der Waals surface area contributed by atoms with Gasteiger partial charge in [-0.3, -0.25) is 4.55 Å². The third-order valence-corrected chi connectivity index (χ3v) is 2.06. The Morgan fingerprint density at radius 3 is 2.31 bits per heavy atom. The summed E-state index contributed by atoms with van der Waals surface area (Å²) in [4.78, 5) is 0. The highest BCUT2D eigenvalue weighted by molar-refractivity contribution is 7.85. The molecule has 0 heterocycles. The Kier molecular flexibility index (Phi) is 3.13. The van der Waals surface area contributed by atoms with Gasteiger partial charge in [-0.15, -0.1) is 0 Å². The van der Waals surface area contributed by atoms with Crippen molar-refractivity contribution in [3.05, 3.63) is 29.3 Å². The van der Waals surface area contributed by atoms with Crippen molar-refractivity contribution in [3.63, 3.8) is 0 Å². The third kappa shape index (κ3) is 4.12. The molecule has 0 bridgehead atoms. The number of hydrogen-bond acceptors (Lipinski definition) is 3. The summed E-state index contributed by atoms with van der Waals surface area (Å²) in [5.74, 6) is -0.505. The highest BCUT2D eigenvalue weighted by Crippen LogP contribution is 2.13. The van der Waals surface area contributed by atoms with Gasteiger partial charge in [-0.2, -0.15) is 8.42 Å². The molecule has 0 atom stereocenters. The Labute approximate surface area is 81.3 Å². The standard InChI is InChI=1S/C7H8ClNO3S/c8-6-1-3-7(4-2-6)9-5-13(10,11)12/h1-4,9H,5H2,(H,10,11,12). The minimum absolute atomic E-state index is 0.505. The molecule has 4 nitrogen and oxygen atoms in total. The van der Waals surface area contributed by atoms with Gasteiger partial charge >= 0.3 is 0 Å². The van der Waals surface area contributed by atoms with Crippen molar-refractivity contribution in [2.45, 2.75) is 0 Å². The first-order valence-corrected chi connectivity index (χ1v) is 5.41. The molecule has 0 aliphatic carbocycles. The Balaban J connectivity index is 2.61. The van der Waals surface area contributed by atoms with E-state index in [9.17, 15) is 8.42 Å². The van der Waals surface area contributed by atoms with Gasteiger partial charge in [-0.1, -0.05) is 11.6 Å². The predicted molar refractivity (Wildman–Crippen MR) is 51.5 cm³/mol. The van der Waals surface area contributed by atoms with Crippen molar-refractivity contribution >= 4 is 27.4 Å². The molecule has 1 rings (SSSR count). The monoisotopic (exact) mass is 221 g/mol. The first kappa shape index (κ1) is 10.3. The average Bonchev–Trinajstić information content (AvgIpc) is 2.02. The largest absolute Gasteiger partial charge is 0.370 e. The highest BCUT2D eigenvalue weighted by atomic mass is 35.5. The molecule has 0 spiro atoms. The SMILES string of the molecule is O=S(=O)(O)CNc1ccc(Cl)cc1. The van der Waals surface area contributed by atoms with E-state index in [2.05, 4.69) is 5.32 Å². The summed E-state index contributed by atoms with van der Waals surface area (Å²) in [6.45, 7) is 0. The van der Waals surface area contributed by atoms with Crippen LogP contribution in [-0.4, -0.2) is 18.8 Å². The van der Waals surface area contributed by atoms with Gasteiger partial charge in [0.15, 0.2) is 0 Å². The molecular weight excluding hydrogens is 214 g/mol. The normalized spacial score (nSPS) is 11.2. The summed E-state index contributed by atoms with van der Waals surface area (Å²) in [5, 5.41) is 3.08. The number of rotatable bonds is 3. The fraction of sp³-hybridized carbons (Fsp3) is 0.143. The van der Waals surface area contributed by atoms with E-state index in [4.69, 9.17) is 16.2 Å². The first-order valence-electron chi connectivity index (χ1n) is 3.42. The molecule has 0 fully saturated rings. The molecule has 0 amide bonds. The number of halogens is 1. The van der Waals surface area contributed by atoms with Crippen LogP contribution in [-0.2, 0) is 10.1 Å². The second kappa shape index (κ2) is 3.95. The summed E-state index contributed by atoms with van der Waals surface area (Å²) < 4.78 is 29.1. The summed E-state index contributed by atoms with van der Waals surface area (Å²) in [6, 6.07) is 6.47. The molecule has 1 aromatic carbocycles. The molecule has 1 aromatic rings. The van der Waals surface area contributed by atoms with Crippen LogP contribution in [0, 0.1) is 0 Å². The van der Waals surface area contributed by atoms with Crippen LogP contribution in [0.1, 0.15) is 0 Å². The Morgan fingerprint density at radius 2 is 1.85 bits per heavy atom. The minimum atomic E-state index is -3.98. The van der Waals surface area contributed by atoms with Crippen LogP contribution in [0.5, 0.6) is 0 Å². The molecule has 72 valence electrons. The third-order valence-electron chi connectivity index (χ3n) is 1.30. The molecule has 0 unspecified atom stereocenters. The van der Waals surface area contributed by atoms with Gasteiger partial charge in [-0.25, -0.2) is 0 Å². The van der Waals surface area contributed by atoms with Crippen molar-refractivity contribution in [2.24, 2.45) is 0 Å². The summed E-state index contributed by atoms with van der Waals surface area (Å²) >= 11 is 5.61. The van der Waals surface area contributed by atoms with Gasteiger partial charge in [0.25, 0.3) is 10.1 Å². The molecule has 0 aliphatic rings. The molecule has 2 N–H and O–H groups in total. The fourth-order valence-corrected chi connectivity index (χ4v) is 1.22. The molecular formula is C7H8ClNO3S. The van der Waals surface area contributed by atoms with E-state index in [0.717, 1.165) is 0 Å². The van der Waals surface area contributed by atoms with Crippen molar-refractivity contribution in [3.8, 4) is 0 Å². The first-order chi connectivity index (χ1) is 5.97. The zero-order valence-electron chi connectivity index (χ0n) is 6.57. The summed E-state index contributed by atoms with van der Waals surface area (Å²) in [5.41, 5.74) is 0.585. The quantitative estimate of drug-likeness (QED) is 0.761. The van der Waals surface area contributed by atoms with Crippen molar-refractivity contribution in [2.75, 3.05) is 11.2 Å². The zero-order valence-corrected chi connectivity index (χ0v) is 8.14. The lowest BCUT2D eigenvalue weighted by atomic mass is 10.3. The number of benzene rings is 1. The molecule has 6 heteroatoms. The highest BCUT2D eigenvalue weighted by Gasteiger charge is 2.02. The fourth-order valence-electron chi connectivity index (χ4n) is 0.742. The lowest BCUT2D eigenvalue weighted by Gasteiger charge is -2.03. The van der Waals surface area contributed by atoms with Crippen LogP contribution in [0.4, 0.5) is 5.69 Å². The number of hydrogen-bond donors (Lipinski definition) is 2. The van der Waals surface area contributed by atoms with E-state index in [1.165, 1.54) is 0 Å². The maximum absolute atomic E-state index is 10.3. The molecule has 0 aromatic heterocycles. The average molecular weight is 222 g/mol. The second-order valence-electron chi connectivity index (χ2n) is 2.41. The molecule has 0 aliphatic heterocycles. The number of anilines is 1. The summed E-state index contributed by atoms with van der Waals surface area (Å²) in [6.07, 6.45) is 0. The van der Waals surface area contributed by atoms with Crippen LogP contribution < -0.4 is 5.32 Å². The molecule has 13 heavy (non-hydrogen) atoms. The number of nitrogens with one attached hydrogen (secondary N) is 1. The molecule has 0 saturated carbocycles. The van der Waals surface area contributed by atoms with Gasteiger partial charge in [0.05, 0.1) is 0 Å². The van der Waals surface area contributed by atoms with E-state index in [1.54, 1.807) is 24.3 Å². The van der Waals surface area contributed by atoms with Crippen LogP contribution in [0.15, 0.2) is 24.3 Å². The van der Waals surface area contributed by atoms with Gasteiger partial charge in [-0.05, 0) is 24.3 Å². The minimum Gasteiger partial charge on any atom is -0.370 e. The second-order valence-corrected chi connectivity index (χ2v) is 4.30. The van der Waals surface area contributed by atoms with Crippen molar-refractivity contribution in [1.82, 2.24) is 0 Å². The topological polar surface area (TPSA) is 66.4 Å². The lowest BCUT2D eigenvalue weighted by Crippen LogP contribution is -2.12. The maximum atomic E-state index is 10.3. The van der Waals surface area contributed by atoms with Crippen molar-refractivity contribution in [1.29, 1.82) is 0 Å². The van der Waals surface area contributed by atoms with Crippen LogP contribution in [0.3, 0.4) is 0 Å². The van der Waals surface area contributed by atoms with Crippen LogP contribution >= 0.6 is 11.6 Å². The van der Waals surface area contributed by atoms with Crippen molar-refractivity contribution < 1.29 is 13.0 Å². The van der Waals surface area contributed by atoms with Crippen LogP contribution in [0.2, 0.25) is 5.02 Å². The van der Waals surface area contributed by atoms with E-state index in [-0.39, 0.29) is 0 Å². The smallest absolute Gasteiger partial charge is 0.283 e. The van der Waals surface area contributed by atoms with Gasteiger partial charge < -0.3 is 5.32 Å². The van der Waals surface area contributed by atoms with E-state index in [1.807, 2.05) is 0 Å². The predicted octanol–water partition coefficient (Wildman–Crippen LogP) is 1.60. The zero-order chi connectivity index (χ0) is 9.90. The van der Waals surface area contributed by atoms with E-state index >= 15 is 0 Å².